The van der Waals surface area contributed by atoms with Crippen LogP contribution in [-0.2, 0) is 4.79 Å². The van der Waals surface area contributed by atoms with Gasteiger partial charge in [0.1, 0.15) is 11.9 Å². The van der Waals surface area contributed by atoms with Gasteiger partial charge in [-0.2, -0.15) is 0 Å². The summed E-state index contributed by atoms with van der Waals surface area (Å²) in [7, 11) is 3.74. The average molecular weight is 349 g/mol. The van der Waals surface area contributed by atoms with Gasteiger partial charge in [-0.15, -0.1) is 0 Å². The molecule has 1 aliphatic rings. The molecule has 1 N–H and O–H groups in total. The smallest absolute Gasteiger partial charge is 0.241 e. The van der Waals surface area contributed by atoms with Gasteiger partial charge in [0.2, 0.25) is 5.91 Å². The molecule has 0 aromatic heterocycles. The van der Waals surface area contributed by atoms with E-state index in [4.69, 9.17) is 0 Å². The summed E-state index contributed by atoms with van der Waals surface area (Å²) in [6, 6.07) is 5.78. The molecule has 5 heteroatoms. The van der Waals surface area contributed by atoms with E-state index in [-0.39, 0.29) is 17.8 Å². The van der Waals surface area contributed by atoms with Gasteiger partial charge >= 0.3 is 0 Å². The molecule has 1 aliphatic heterocycles. The lowest BCUT2D eigenvalue weighted by atomic mass is 10.1. The molecule has 1 amide bonds. The third-order valence-electron chi connectivity index (χ3n) is 4.85. The highest BCUT2D eigenvalue weighted by Gasteiger charge is 2.22. The molecular formula is C20H32FN3O. The monoisotopic (exact) mass is 349 g/mol. The quantitative estimate of drug-likeness (QED) is 0.732. The Bertz CT molecular complexity index is 510. The highest BCUT2D eigenvalue weighted by molar-refractivity contribution is 5.83. The zero-order chi connectivity index (χ0) is 18.1. The van der Waals surface area contributed by atoms with E-state index in [9.17, 15) is 9.18 Å². The fourth-order valence-corrected chi connectivity index (χ4v) is 3.46. The molecule has 1 aromatic rings. The van der Waals surface area contributed by atoms with Crippen molar-refractivity contribution in [1.29, 1.82) is 0 Å². The number of nitrogens with one attached hydrogen (secondary N) is 1. The van der Waals surface area contributed by atoms with Crippen molar-refractivity contribution in [3.05, 3.63) is 35.6 Å². The van der Waals surface area contributed by atoms with Crippen LogP contribution in [0.4, 0.5) is 4.39 Å². The van der Waals surface area contributed by atoms with E-state index >= 15 is 0 Å². The van der Waals surface area contributed by atoms with Crippen LogP contribution in [0.25, 0.3) is 0 Å². The standard InChI is InChI=1S/C20H32FN3O/c1-23(2)19(17-9-11-18(21)12-10-17)20(25)22-13-5-8-16-24-14-6-3-4-7-15-24/h9-12,19H,3-8,13-16H2,1-2H3,(H,22,25)/t19-/m1/s1. The van der Waals surface area contributed by atoms with Crippen molar-refractivity contribution >= 4 is 5.91 Å². The topological polar surface area (TPSA) is 35.6 Å². The molecule has 4 nitrogen and oxygen atoms in total. The van der Waals surface area contributed by atoms with Crippen LogP contribution in [0.2, 0.25) is 0 Å². The largest absolute Gasteiger partial charge is 0.354 e. The Hall–Kier alpha value is -1.46. The first-order chi connectivity index (χ1) is 12.1. The fourth-order valence-electron chi connectivity index (χ4n) is 3.46. The zero-order valence-electron chi connectivity index (χ0n) is 15.6. The van der Waals surface area contributed by atoms with E-state index in [1.807, 2.05) is 19.0 Å². The van der Waals surface area contributed by atoms with Crippen molar-refractivity contribution < 1.29 is 9.18 Å². The van der Waals surface area contributed by atoms with Gasteiger partial charge < -0.3 is 10.2 Å². The maximum atomic E-state index is 13.1. The molecule has 2 rings (SSSR count). The first kappa shape index (κ1) is 19.9. The van der Waals surface area contributed by atoms with Crippen LogP contribution in [0.3, 0.4) is 0 Å². The normalized spacial score (nSPS) is 17.3. The second kappa shape index (κ2) is 10.5. The first-order valence-electron chi connectivity index (χ1n) is 9.50. The summed E-state index contributed by atoms with van der Waals surface area (Å²) < 4.78 is 13.1. The van der Waals surface area contributed by atoms with Crippen LogP contribution >= 0.6 is 0 Å². The maximum absolute atomic E-state index is 13.1. The van der Waals surface area contributed by atoms with Gasteiger partial charge in [0, 0.05) is 6.54 Å². The maximum Gasteiger partial charge on any atom is 0.241 e. The number of benzene rings is 1. The average Bonchev–Trinajstić information content (AvgIpc) is 2.85. The van der Waals surface area contributed by atoms with Crippen LogP contribution < -0.4 is 5.32 Å². The summed E-state index contributed by atoms with van der Waals surface area (Å²) in [5.41, 5.74) is 0.813. The van der Waals surface area contributed by atoms with Crippen molar-refractivity contribution in [2.24, 2.45) is 0 Å². The summed E-state index contributed by atoms with van der Waals surface area (Å²) in [6.07, 6.45) is 7.47. The molecule has 25 heavy (non-hydrogen) atoms. The summed E-state index contributed by atoms with van der Waals surface area (Å²) in [4.78, 5) is 16.9. The lowest BCUT2D eigenvalue weighted by Gasteiger charge is -2.24. The van der Waals surface area contributed by atoms with Crippen LogP contribution in [0.1, 0.15) is 50.1 Å². The van der Waals surface area contributed by atoms with Crippen molar-refractivity contribution in [2.45, 2.75) is 44.6 Å². The van der Waals surface area contributed by atoms with E-state index in [0.717, 1.165) is 24.9 Å². The molecule has 1 saturated heterocycles. The highest BCUT2D eigenvalue weighted by atomic mass is 19.1. The molecule has 0 aliphatic carbocycles. The van der Waals surface area contributed by atoms with E-state index in [1.165, 1.54) is 50.9 Å². The van der Waals surface area contributed by atoms with Gasteiger partial charge in [-0.25, -0.2) is 4.39 Å². The summed E-state index contributed by atoms with van der Waals surface area (Å²) >= 11 is 0. The minimum Gasteiger partial charge on any atom is -0.354 e. The first-order valence-corrected chi connectivity index (χ1v) is 9.50. The Morgan fingerprint density at radius 2 is 1.76 bits per heavy atom. The van der Waals surface area contributed by atoms with E-state index in [2.05, 4.69) is 10.2 Å². The predicted octanol–water partition coefficient (Wildman–Crippen LogP) is 3.20. The van der Waals surface area contributed by atoms with E-state index in [1.54, 1.807) is 12.1 Å². The van der Waals surface area contributed by atoms with Crippen LogP contribution in [0, 0.1) is 5.82 Å². The molecule has 0 bridgehead atoms. The van der Waals surface area contributed by atoms with Crippen molar-refractivity contribution in [3.63, 3.8) is 0 Å². The molecule has 1 aromatic carbocycles. The SMILES string of the molecule is CN(C)[C@@H](C(=O)NCCCCN1CCCCCC1)c1ccc(F)cc1. The lowest BCUT2D eigenvalue weighted by molar-refractivity contribution is -0.125. The number of unbranched alkanes of at least 4 members (excludes halogenated alkanes) is 1. The fraction of sp³-hybridized carbons (Fsp3) is 0.650. The number of likely N-dealkylation sites (N-methyl/N-ethyl adjacent to an activating group) is 1. The highest BCUT2D eigenvalue weighted by Crippen LogP contribution is 2.19. The van der Waals surface area contributed by atoms with Crippen molar-refractivity contribution in [2.75, 3.05) is 40.3 Å². The number of likely N-dealkylation sites (tertiary alicyclic amines) is 1. The van der Waals surface area contributed by atoms with Crippen LogP contribution in [0.5, 0.6) is 0 Å². The van der Waals surface area contributed by atoms with E-state index < -0.39 is 0 Å². The molecule has 1 atom stereocenters. The summed E-state index contributed by atoms with van der Waals surface area (Å²) in [5, 5.41) is 3.03. The Labute approximate surface area is 151 Å². The van der Waals surface area contributed by atoms with Crippen molar-refractivity contribution in [1.82, 2.24) is 15.1 Å². The van der Waals surface area contributed by atoms with Gasteiger partial charge in [-0.3, -0.25) is 9.69 Å². The number of carbonyl (C=O) groups excluding carboxylic acids is 1. The number of carbonyl (C=O) groups is 1. The van der Waals surface area contributed by atoms with Gasteiger partial charge in [0.15, 0.2) is 0 Å². The minimum absolute atomic E-state index is 0.0219. The van der Waals surface area contributed by atoms with Gasteiger partial charge in [0.25, 0.3) is 0 Å². The van der Waals surface area contributed by atoms with Crippen molar-refractivity contribution in [3.8, 4) is 0 Å². The third kappa shape index (κ3) is 6.75. The molecule has 0 radical (unpaired) electrons. The molecular weight excluding hydrogens is 317 g/mol. The summed E-state index contributed by atoms with van der Waals surface area (Å²) in [6.45, 7) is 4.27. The number of rotatable bonds is 8. The lowest BCUT2D eigenvalue weighted by Crippen LogP contribution is -2.37. The number of nitrogens with zero attached hydrogens (tertiary/aromatic N) is 2. The predicted molar refractivity (Wildman–Crippen MR) is 100.0 cm³/mol. The number of hydrogen-bond donors (Lipinski definition) is 1. The number of amides is 1. The van der Waals surface area contributed by atoms with Gasteiger partial charge in [-0.1, -0.05) is 25.0 Å². The molecule has 0 spiro atoms. The number of hydrogen-bond acceptors (Lipinski definition) is 3. The zero-order valence-corrected chi connectivity index (χ0v) is 15.6. The van der Waals surface area contributed by atoms with Gasteiger partial charge in [-0.05, 0) is 77.1 Å². The Morgan fingerprint density at radius 3 is 2.36 bits per heavy atom. The van der Waals surface area contributed by atoms with E-state index in [0.29, 0.717) is 6.54 Å². The minimum atomic E-state index is -0.383. The van der Waals surface area contributed by atoms with Crippen LogP contribution in [-0.4, -0.2) is 56.0 Å². The van der Waals surface area contributed by atoms with Crippen LogP contribution in [0.15, 0.2) is 24.3 Å². The molecule has 0 unspecified atom stereocenters. The Balaban J connectivity index is 1.72. The third-order valence-corrected chi connectivity index (χ3v) is 4.85. The Morgan fingerprint density at radius 1 is 1.12 bits per heavy atom. The second-order valence-electron chi connectivity index (χ2n) is 7.17. The molecule has 0 saturated carbocycles. The second-order valence-corrected chi connectivity index (χ2v) is 7.17. The molecule has 140 valence electrons. The summed E-state index contributed by atoms with van der Waals surface area (Å²) in [5.74, 6) is -0.304. The molecule has 1 fully saturated rings. The Kier molecular flexibility index (Phi) is 8.35. The molecule has 1 heterocycles. The van der Waals surface area contributed by atoms with Gasteiger partial charge in [0.05, 0.1) is 0 Å². The number of halogens is 1.